The molecule has 1 amide bonds. The van der Waals surface area contributed by atoms with Crippen LogP contribution in [-0.2, 0) is 19.0 Å². The van der Waals surface area contributed by atoms with Gasteiger partial charge in [-0.3, -0.25) is 4.79 Å². The maximum Gasteiger partial charge on any atom is 0.317 e. The van der Waals surface area contributed by atoms with Gasteiger partial charge in [-0.15, -0.1) is 6.58 Å². The number of hydrogen-bond acceptors (Lipinski definition) is 8. The van der Waals surface area contributed by atoms with Gasteiger partial charge in [-0.05, 0) is 37.3 Å². The molecule has 1 aliphatic rings. The van der Waals surface area contributed by atoms with Crippen molar-refractivity contribution < 1.29 is 28.1 Å². The number of aromatic amines is 1. The Morgan fingerprint density at radius 2 is 2.00 bits per heavy atom. The van der Waals surface area contributed by atoms with Gasteiger partial charge < -0.3 is 29.2 Å². The molecule has 1 fully saturated rings. The Hall–Kier alpha value is -3.67. The predicted octanol–water partition coefficient (Wildman–Crippen LogP) is 3.05. The number of hydrogen-bond donors (Lipinski definition) is 2. The Labute approximate surface area is 207 Å². The summed E-state index contributed by atoms with van der Waals surface area (Å²) in [5, 5.41) is 2.78. The van der Waals surface area contributed by atoms with Crippen LogP contribution in [-0.4, -0.2) is 65.9 Å². The fourth-order valence-electron chi connectivity index (χ4n) is 3.55. The first-order valence-electron chi connectivity index (χ1n) is 11.4. The molecular weight excluding hydrogens is 469 g/mol. The first-order chi connectivity index (χ1) is 17.4. The van der Waals surface area contributed by atoms with Gasteiger partial charge in [0.05, 0.1) is 42.3 Å². The fourth-order valence-corrected chi connectivity index (χ4v) is 3.55. The normalized spacial score (nSPS) is 19.6. The molecule has 3 heterocycles. The summed E-state index contributed by atoms with van der Waals surface area (Å²) in [5.74, 6) is -0.159. The van der Waals surface area contributed by atoms with Crippen LogP contribution in [0.4, 0.5) is 4.39 Å². The van der Waals surface area contributed by atoms with Crippen LogP contribution in [0.25, 0.3) is 22.6 Å². The second-order valence-corrected chi connectivity index (χ2v) is 8.43. The summed E-state index contributed by atoms with van der Waals surface area (Å²) < 4.78 is 35.9. The van der Waals surface area contributed by atoms with Crippen LogP contribution in [0.2, 0.25) is 0 Å². The van der Waals surface area contributed by atoms with Crippen molar-refractivity contribution >= 4 is 5.91 Å². The Balaban J connectivity index is 1.61. The maximum atomic E-state index is 13.6. The van der Waals surface area contributed by atoms with Crippen molar-refractivity contribution in [1.82, 2.24) is 25.3 Å². The zero-order chi connectivity index (χ0) is 25.5. The van der Waals surface area contributed by atoms with Gasteiger partial charge in [-0.25, -0.2) is 14.4 Å². The summed E-state index contributed by atoms with van der Waals surface area (Å²) in [7, 11) is 1.58. The highest BCUT2D eigenvalue weighted by Gasteiger charge is 2.40. The van der Waals surface area contributed by atoms with E-state index in [9.17, 15) is 9.18 Å². The monoisotopic (exact) mass is 497 g/mol. The number of carbonyl (C=O) groups excluding carboxylic acids is 1. The number of nitrogens with zero attached hydrogens (tertiary/aromatic N) is 3. The highest BCUT2D eigenvalue weighted by Crippen LogP contribution is 2.35. The summed E-state index contributed by atoms with van der Waals surface area (Å²) in [6, 6.07) is 7.84. The van der Waals surface area contributed by atoms with E-state index in [0.717, 1.165) is 0 Å². The molecule has 0 aliphatic carbocycles. The molecular formula is C25H28FN5O5. The van der Waals surface area contributed by atoms with Crippen LogP contribution in [0.1, 0.15) is 19.0 Å². The van der Waals surface area contributed by atoms with Crippen molar-refractivity contribution in [1.29, 1.82) is 0 Å². The molecule has 190 valence electrons. The molecule has 1 aliphatic heterocycles. The molecule has 0 spiro atoms. The largest absolute Gasteiger partial charge is 0.461 e. The number of halogens is 1. The van der Waals surface area contributed by atoms with Crippen LogP contribution in [0.3, 0.4) is 0 Å². The number of rotatable bonds is 10. The number of nitrogens with one attached hydrogen (secondary N) is 2. The highest BCUT2D eigenvalue weighted by molar-refractivity contribution is 5.82. The minimum atomic E-state index is -0.851. The van der Waals surface area contributed by atoms with Gasteiger partial charge in [-0.2, -0.15) is 4.98 Å². The Kier molecular flexibility index (Phi) is 8.04. The summed E-state index contributed by atoms with van der Waals surface area (Å²) in [6.45, 7) is 6.69. The second-order valence-electron chi connectivity index (χ2n) is 8.43. The second kappa shape index (κ2) is 11.4. The van der Waals surface area contributed by atoms with Gasteiger partial charge in [0.1, 0.15) is 12.4 Å². The van der Waals surface area contributed by atoms with Crippen LogP contribution in [0, 0.1) is 11.2 Å². The molecule has 1 aromatic carbocycles. The van der Waals surface area contributed by atoms with E-state index in [-0.39, 0.29) is 30.9 Å². The predicted molar refractivity (Wildman–Crippen MR) is 128 cm³/mol. The van der Waals surface area contributed by atoms with Crippen LogP contribution < -0.4 is 10.1 Å². The van der Waals surface area contributed by atoms with Crippen molar-refractivity contribution in [3.8, 4) is 28.7 Å². The van der Waals surface area contributed by atoms with Gasteiger partial charge >= 0.3 is 6.01 Å². The minimum Gasteiger partial charge on any atom is -0.461 e. The molecule has 0 saturated carbocycles. The van der Waals surface area contributed by atoms with Gasteiger partial charge in [-0.1, -0.05) is 6.08 Å². The standard InChI is InChI=1S/C25H28FN5O5/c1-4-10-27-23(32)25(2)14-35-22(36-15-25)21-30-19(16-5-7-17(26)8-6-16)20(31-21)18-9-11-28-24(29-18)34-13-12-33-3/h4-9,11,22H,1,10,12-15H2,2-3H3,(H,27,32)(H,30,31). The molecule has 2 N–H and O–H groups in total. The minimum absolute atomic E-state index is 0.132. The van der Waals surface area contributed by atoms with Crippen LogP contribution in [0.5, 0.6) is 6.01 Å². The molecule has 0 atom stereocenters. The first kappa shape index (κ1) is 25.4. The van der Waals surface area contributed by atoms with E-state index in [4.69, 9.17) is 23.9 Å². The molecule has 11 heteroatoms. The molecule has 3 aromatic rings. The number of amides is 1. The van der Waals surface area contributed by atoms with Crippen LogP contribution in [0.15, 0.2) is 49.2 Å². The zero-order valence-electron chi connectivity index (χ0n) is 20.1. The van der Waals surface area contributed by atoms with E-state index in [0.29, 0.717) is 48.2 Å². The first-order valence-corrected chi connectivity index (χ1v) is 11.4. The van der Waals surface area contributed by atoms with E-state index in [1.54, 1.807) is 44.5 Å². The van der Waals surface area contributed by atoms with Crippen molar-refractivity contribution in [3.63, 3.8) is 0 Å². The quantitative estimate of drug-likeness (QED) is 0.324. The van der Waals surface area contributed by atoms with Crippen molar-refractivity contribution in [2.75, 3.05) is 40.1 Å². The third-order valence-electron chi connectivity index (χ3n) is 5.53. The zero-order valence-corrected chi connectivity index (χ0v) is 20.1. The van der Waals surface area contributed by atoms with Gasteiger partial charge in [0.25, 0.3) is 0 Å². The van der Waals surface area contributed by atoms with Crippen molar-refractivity contribution in [3.05, 3.63) is 60.8 Å². The Morgan fingerprint density at radius 1 is 1.25 bits per heavy atom. The molecule has 0 bridgehead atoms. The van der Waals surface area contributed by atoms with Crippen molar-refractivity contribution in [2.24, 2.45) is 5.41 Å². The number of methoxy groups -OCH3 is 1. The van der Waals surface area contributed by atoms with Crippen LogP contribution >= 0.6 is 0 Å². The summed E-state index contributed by atoms with van der Waals surface area (Å²) in [4.78, 5) is 29.0. The lowest BCUT2D eigenvalue weighted by atomic mass is 9.91. The number of aromatic nitrogens is 4. The van der Waals surface area contributed by atoms with E-state index in [1.807, 2.05) is 0 Å². The Morgan fingerprint density at radius 3 is 2.69 bits per heavy atom. The van der Waals surface area contributed by atoms with E-state index in [2.05, 4.69) is 26.8 Å². The average Bonchev–Trinajstić information content (AvgIpc) is 3.34. The lowest BCUT2D eigenvalue weighted by Gasteiger charge is -2.35. The molecule has 1 saturated heterocycles. The summed E-state index contributed by atoms with van der Waals surface area (Å²) in [6.07, 6.45) is 2.34. The van der Waals surface area contributed by atoms with Gasteiger partial charge in [0, 0.05) is 25.4 Å². The lowest BCUT2D eigenvalue weighted by Crippen LogP contribution is -2.48. The lowest BCUT2D eigenvalue weighted by molar-refractivity contribution is -0.230. The van der Waals surface area contributed by atoms with Gasteiger partial charge in [0.15, 0.2) is 5.82 Å². The third kappa shape index (κ3) is 5.76. The number of carbonyl (C=O) groups is 1. The smallest absolute Gasteiger partial charge is 0.317 e. The molecule has 2 aromatic heterocycles. The maximum absolute atomic E-state index is 13.6. The average molecular weight is 498 g/mol. The number of H-pyrrole nitrogens is 1. The molecule has 4 rings (SSSR count). The van der Waals surface area contributed by atoms with Gasteiger partial charge in [0.2, 0.25) is 12.2 Å². The number of benzene rings is 1. The van der Waals surface area contributed by atoms with Crippen molar-refractivity contribution in [2.45, 2.75) is 13.2 Å². The Bertz CT molecular complexity index is 1190. The summed E-state index contributed by atoms with van der Waals surface area (Å²) in [5.41, 5.74) is 1.41. The van der Waals surface area contributed by atoms with E-state index in [1.165, 1.54) is 12.1 Å². The topological polar surface area (TPSA) is 120 Å². The highest BCUT2D eigenvalue weighted by atomic mass is 19.1. The summed E-state index contributed by atoms with van der Waals surface area (Å²) >= 11 is 0. The molecule has 0 radical (unpaired) electrons. The molecule has 0 unspecified atom stereocenters. The fraction of sp³-hybridized carbons (Fsp3) is 0.360. The molecule has 10 nitrogen and oxygen atoms in total. The number of ether oxygens (including phenoxy) is 4. The molecule has 36 heavy (non-hydrogen) atoms. The van der Waals surface area contributed by atoms with E-state index >= 15 is 0 Å². The number of imidazole rings is 1. The van der Waals surface area contributed by atoms with E-state index < -0.39 is 11.7 Å². The third-order valence-corrected chi connectivity index (χ3v) is 5.53. The SMILES string of the molecule is C=CCNC(=O)C1(C)COC(c2nc(-c3ccc(F)cc3)c(-c3ccnc(OCCOC)n3)[nH]2)OC1.